The number of nitrogens with one attached hydrogen (secondary N) is 2. The van der Waals surface area contributed by atoms with Crippen molar-refractivity contribution in [2.24, 2.45) is 0 Å². The van der Waals surface area contributed by atoms with Gasteiger partial charge in [-0.2, -0.15) is 5.10 Å². The van der Waals surface area contributed by atoms with Crippen molar-refractivity contribution in [2.75, 3.05) is 7.11 Å². The minimum atomic E-state index is -1.16. The Morgan fingerprint density at radius 2 is 1.88 bits per heavy atom. The summed E-state index contributed by atoms with van der Waals surface area (Å²) in [5.41, 5.74) is 3.37. The molecule has 9 nitrogen and oxygen atoms in total. The number of fused-ring (bicyclic) bond motifs is 1. The van der Waals surface area contributed by atoms with Gasteiger partial charge in [0.15, 0.2) is 5.82 Å². The van der Waals surface area contributed by atoms with Crippen LogP contribution in [0.1, 0.15) is 15.9 Å². The molecule has 1 unspecified atom stereocenters. The average Bonchev–Trinajstić information content (AvgIpc) is 3.27. The largest absolute Gasteiger partial charge is 0.341 e. The Morgan fingerprint density at radius 3 is 2.65 bits per heavy atom. The van der Waals surface area contributed by atoms with Crippen molar-refractivity contribution in [2.45, 2.75) is 12.5 Å². The first-order valence-corrected chi connectivity index (χ1v) is 10.3. The summed E-state index contributed by atoms with van der Waals surface area (Å²) in [7, 11) is 1.21. The number of hydroxylamine groups is 1. The Balaban J connectivity index is 1.65. The number of ketones is 1. The Kier molecular flexibility index (Phi) is 6.69. The number of aromatic nitrogens is 3. The standard InChI is InChI=1S/C24H20FN5O4/c1-34-29-24(33)21(31)20(12-15-6-3-2-4-7-15)27-23(32)18-8-5-11-26-22(18)30-14-16-13-17(25)9-10-19(16)28-30/h2-11,13-14,20H,12H2,1H3,(H,27,32)(H,29,33). The molecule has 0 fully saturated rings. The van der Waals surface area contributed by atoms with Crippen LogP contribution in [-0.4, -0.2) is 45.5 Å². The Hall–Kier alpha value is -4.44. The van der Waals surface area contributed by atoms with Crippen LogP contribution >= 0.6 is 0 Å². The third-order valence-electron chi connectivity index (χ3n) is 5.04. The second-order valence-corrected chi connectivity index (χ2v) is 7.37. The molecule has 4 rings (SSSR count). The van der Waals surface area contributed by atoms with Gasteiger partial charge in [-0.15, -0.1) is 0 Å². The van der Waals surface area contributed by atoms with Crippen molar-refractivity contribution < 1.29 is 23.6 Å². The third kappa shape index (κ3) is 4.97. The molecule has 0 radical (unpaired) electrons. The number of nitrogens with zero attached hydrogens (tertiary/aromatic N) is 3. The van der Waals surface area contributed by atoms with E-state index < -0.39 is 29.5 Å². The van der Waals surface area contributed by atoms with Gasteiger partial charge in [-0.3, -0.25) is 19.2 Å². The highest BCUT2D eigenvalue weighted by molar-refractivity contribution is 6.38. The second-order valence-electron chi connectivity index (χ2n) is 7.37. The quantitative estimate of drug-likeness (QED) is 0.307. The number of carbonyl (C=O) groups is 3. The van der Waals surface area contributed by atoms with Crippen LogP contribution in [0.25, 0.3) is 16.7 Å². The minimum Gasteiger partial charge on any atom is -0.341 e. The summed E-state index contributed by atoms with van der Waals surface area (Å²) < 4.78 is 14.9. The van der Waals surface area contributed by atoms with E-state index in [1.54, 1.807) is 36.5 Å². The predicted octanol–water partition coefficient (Wildman–Crippen LogP) is 2.15. The number of carbonyl (C=O) groups excluding carboxylic acids is 3. The average molecular weight is 461 g/mol. The second kappa shape index (κ2) is 10.0. The topological polar surface area (TPSA) is 115 Å². The van der Waals surface area contributed by atoms with Crippen LogP contribution in [0.15, 0.2) is 73.1 Å². The van der Waals surface area contributed by atoms with E-state index in [-0.39, 0.29) is 17.8 Å². The molecule has 0 spiro atoms. The summed E-state index contributed by atoms with van der Waals surface area (Å²) in [5, 5.41) is 7.52. The normalized spacial score (nSPS) is 11.7. The maximum atomic E-state index is 13.6. The van der Waals surface area contributed by atoms with E-state index in [1.807, 2.05) is 11.5 Å². The lowest BCUT2D eigenvalue weighted by Gasteiger charge is -2.18. The fourth-order valence-corrected chi connectivity index (χ4v) is 3.46. The SMILES string of the molecule is CONC(=O)C(=O)C(Cc1ccccc1)NC(=O)c1cccnc1-n1cc2cc(F)ccc2n1. The molecule has 0 aliphatic rings. The van der Waals surface area contributed by atoms with Crippen LogP contribution in [-0.2, 0) is 20.8 Å². The number of hydrogen-bond donors (Lipinski definition) is 2. The molecule has 2 N–H and O–H groups in total. The summed E-state index contributed by atoms with van der Waals surface area (Å²) in [6.07, 6.45) is 3.12. The fraction of sp³-hybridized carbons (Fsp3) is 0.125. The Bertz CT molecular complexity index is 1360. The van der Waals surface area contributed by atoms with E-state index in [4.69, 9.17) is 0 Å². The first-order chi connectivity index (χ1) is 16.5. The maximum absolute atomic E-state index is 13.6. The molecule has 0 aliphatic heterocycles. The van der Waals surface area contributed by atoms with Crippen molar-refractivity contribution >= 4 is 28.5 Å². The number of rotatable bonds is 8. The monoisotopic (exact) mass is 461 g/mol. The molecule has 172 valence electrons. The van der Waals surface area contributed by atoms with E-state index in [0.717, 1.165) is 5.56 Å². The molecule has 0 bridgehead atoms. The molecular weight excluding hydrogens is 441 g/mol. The molecule has 0 saturated carbocycles. The molecular formula is C24H20FN5O4. The number of pyridine rings is 1. The van der Waals surface area contributed by atoms with Gasteiger partial charge in [-0.1, -0.05) is 30.3 Å². The third-order valence-corrected chi connectivity index (χ3v) is 5.04. The molecule has 10 heteroatoms. The van der Waals surface area contributed by atoms with Crippen molar-refractivity contribution in [3.05, 3.63) is 90.0 Å². The highest BCUT2D eigenvalue weighted by Gasteiger charge is 2.29. The van der Waals surface area contributed by atoms with Crippen LogP contribution < -0.4 is 10.8 Å². The predicted molar refractivity (Wildman–Crippen MR) is 120 cm³/mol. The number of halogens is 1. The highest BCUT2D eigenvalue weighted by Crippen LogP contribution is 2.18. The summed E-state index contributed by atoms with van der Waals surface area (Å²) >= 11 is 0. The molecule has 2 aromatic heterocycles. The van der Waals surface area contributed by atoms with Crippen LogP contribution in [0.2, 0.25) is 0 Å². The van der Waals surface area contributed by atoms with Crippen molar-refractivity contribution in [3.8, 4) is 5.82 Å². The zero-order chi connectivity index (χ0) is 24.1. The van der Waals surface area contributed by atoms with Crippen molar-refractivity contribution in [1.82, 2.24) is 25.6 Å². The maximum Gasteiger partial charge on any atom is 0.313 e. The zero-order valence-electron chi connectivity index (χ0n) is 18.1. The van der Waals surface area contributed by atoms with E-state index in [2.05, 4.69) is 20.2 Å². The van der Waals surface area contributed by atoms with Gasteiger partial charge in [0.1, 0.15) is 11.9 Å². The smallest absolute Gasteiger partial charge is 0.313 e. The molecule has 2 aromatic carbocycles. The lowest BCUT2D eigenvalue weighted by atomic mass is 10.0. The molecule has 0 aliphatic carbocycles. The first kappa shape index (κ1) is 22.7. The number of benzene rings is 2. The van der Waals surface area contributed by atoms with Crippen LogP contribution in [0.5, 0.6) is 0 Å². The van der Waals surface area contributed by atoms with Crippen LogP contribution in [0, 0.1) is 5.82 Å². The molecule has 1 atom stereocenters. The van der Waals surface area contributed by atoms with E-state index >= 15 is 0 Å². The summed E-state index contributed by atoms with van der Waals surface area (Å²) in [5.74, 6) is -2.72. The van der Waals surface area contributed by atoms with E-state index in [9.17, 15) is 18.8 Å². The van der Waals surface area contributed by atoms with Gasteiger partial charge in [0.2, 0.25) is 5.78 Å². The van der Waals surface area contributed by atoms with E-state index in [1.165, 1.54) is 42.3 Å². The van der Waals surface area contributed by atoms with Gasteiger partial charge < -0.3 is 5.32 Å². The van der Waals surface area contributed by atoms with Gasteiger partial charge in [0.25, 0.3) is 5.91 Å². The number of Topliss-reactive ketones (excluding diaryl/α,β-unsaturated/α-hetero) is 1. The van der Waals surface area contributed by atoms with Crippen molar-refractivity contribution in [1.29, 1.82) is 0 Å². The summed E-state index contributed by atoms with van der Waals surface area (Å²) in [4.78, 5) is 46.9. The van der Waals surface area contributed by atoms with Gasteiger partial charge in [-0.05, 0) is 35.9 Å². The molecule has 0 saturated heterocycles. The molecule has 4 aromatic rings. The summed E-state index contributed by atoms with van der Waals surface area (Å²) in [6.45, 7) is 0. The highest BCUT2D eigenvalue weighted by atomic mass is 19.1. The lowest BCUT2D eigenvalue weighted by Crippen LogP contribution is -2.48. The van der Waals surface area contributed by atoms with Crippen LogP contribution in [0.4, 0.5) is 4.39 Å². The molecule has 34 heavy (non-hydrogen) atoms. The van der Waals surface area contributed by atoms with E-state index in [0.29, 0.717) is 10.9 Å². The Labute approximate surface area is 193 Å². The number of amides is 2. The molecule has 2 amide bonds. The van der Waals surface area contributed by atoms with Crippen molar-refractivity contribution in [3.63, 3.8) is 0 Å². The Morgan fingerprint density at radius 1 is 1.09 bits per heavy atom. The summed E-state index contributed by atoms with van der Waals surface area (Å²) in [6, 6.07) is 15.0. The first-order valence-electron chi connectivity index (χ1n) is 10.3. The fourth-order valence-electron chi connectivity index (χ4n) is 3.46. The van der Waals surface area contributed by atoms with Gasteiger partial charge >= 0.3 is 5.91 Å². The van der Waals surface area contributed by atoms with Gasteiger partial charge in [0.05, 0.1) is 18.2 Å². The van der Waals surface area contributed by atoms with Crippen LogP contribution in [0.3, 0.4) is 0 Å². The molecule has 2 heterocycles. The zero-order valence-corrected chi connectivity index (χ0v) is 18.1. The van der Waals surface area contributed by atoms with Gasteiger partial charge in [0, 0.05) is 24.2 Å². The lowest BCUT2D eigenvalue weighted by molar-refractivity contribution is -0.145. The number of hydrogen-bond acceptors (Lipinski definition) is 6. The minimum absolute atomic E-state index is 0.0864. The van der Waals surface area contributed by atoms with Gasteiger partial charge in [-0.25, -0.2) is 19.5 Å².